The first-order valence-electron chi connectivity index (χ1n) is 5.32. The smallest absolute Gasteiger partial charge is 0.126 e. The molecule has 2 nitrogen and oxygen atoms in total. The van der Waals surface area contributed by atoms with Crippen molar-refractivity contribution in [3.63, 3.8) is 0 Å². The molecular formula is C12H16FNO. The number of hydrogen-bond acceptors (Lipinski definition) is 2. The van der Waals surface area contributed by atoms with Crippen molar-refractivity contribution in [2.45, 2.75) is 13.3 Å². The molecule has 3 heteroatoms. The van der Waals surface area contributed by atoms with E-state index < -0.39 is 0 Å². The number of aliphatic hydroxyl groups is 1. The number of aryl methyl sites for hydroxylation is 1. The van der Waals surface area contributed by atoms with E-state index in [4.69, 9.17) is 5.11 Å². The number of aliphatic hydroxyl groups excluding tert-OH is 1. The molecule has 1 fully saturated rings. The molecule has 0 amide bonds. The summed E-state index contributed by atoms with van der Waals surface area (Å²) in [5.41, 5.74) is 1.74. The lowest BCUT2D eigenvalue weighted by molar-refractivity contribution is 0.238. The zero-order chi connectivity index (χ0) is 10.8. The maximum Gasteiger partial charge on any atom is 0.126 e. The summed E-state index contributed by atoms with van der Waals surface area (Å²) in [5.74, 6) is 0.215. The first-order chi connectivity index (χ1) is 7.20. The summed E-state index contributed by atoms with van der Waals surface area (Å²) >= 11 is 0. The Balaban J connectivity index is 2.13. The van der Waals surface area contributed by atoms with Gasteiger partial charge in [-0.25, -0.2) is 4.39 Å². The predicted octanol–water partition coefficient (Wildman–Crippen LogP) is 1.95. The molecule has 2 rings (SSSR count). The molecule has 0 radical (unpaired) electrons. The summed E-state index contributed by atoms with van der Waals surface area (Å²) < 4.78 is 13.1. The zero-order valence-corrected chi connectivity index (χ0v) is 8.91. The maximum absolute atomic E-state index is 13.1. The zero-order valence-electron chi connectivity index (χ0n) is 8.91. The minimum Gasteiger partial charge on any atom is -0.396 e. The van der Waals surface area contributed by atoms with Gasteiger partial charge in [0.2, 0.25) is 0 Å². The van der Waals surface area contributed by atoms with Crippen LogP contribution in [0.25, 0.3) is 0 Å². The lowest BCUT2D eigenvalue weighted by atomic mass is 10.1. The molecule has 0 bridgehead atoms. The topological polar surface area (TPSA) is 23.5 Å². The Labute approximate surface area is 89.3 Å². The van der Waals surface area contributed by atoms with Gasteiger partial charge in [0, 0.05) is 31.3 Å². The molecule has 1 atom stereocenters. The average Bonchev–Trinajstić information content (AvgIpc) is 2.70. The van der Waals surface area contributed by atoms with Gasteiger partial charge in [0.05, 0.1) is 0 Å². The van der Waals surface area contributed by atoms with Gasteiger partial charge < -0.3 is 10.0 Å². The number of benzene rings is 1. The van der Waals surface area contributed by atoms with Crippen molar-refractivity contribution in [1.29, 1.82) is 0 Å². The van der Waals surface area contributed by atoms with Gasteiger partial charge in [0.1, 0.15) is 5.82 Å². The van der Waals surface area contributed by atoms with Crippen molar-refractivity contribution in [2.75, 3.05) is 24.6 Å². The Morgan fingerprint density at radius 3 is 2.93 bits per heavy atom. The van der Waals surface area contributed by atoms with Crippen molar-refractivity contribution in [3.05, 3.63) is 29.6 Å². The molecule has 1 aliphatic heterocycles. The largest absolute Gasteiger partial charge is 0.396 e. The van der Waals surface area contributed by atoms with Crippen molar-refractivity contribution in [1.82, 2.24) is 0 Å². The number of hydrogen-bond donors (Lipinski definition) is 1. The Morgan fingerprint density at radius 2 is 2.33 bits per heavy atom. The van der Waals surface area contributed by atoms with E-state index in [-0.39, 0.29) is 12.4 Å². The standard InChI is InChI=1S/C12H16FNO/c1-9-6-11(2-3-12(9)13)14-5-4-10(7-14)8-15/h2-3,6,10,15H,4-5,7-8H2,1H3/t10-/m1/s1. The second-order valence-corrected chi connectivity index (χ2v) is 4.22. The van der Waals surface area contributed by atoms with Crippen LogP contribution in [0.5, 0.6) is 0 Å². The van der Waals surface area contributed by atoms with E-state index in [1.165, 1.54) is 6.07 Å². The Morgan fingerprint density at radius 1 is 1.53 bits per heavy atom. The normalized spacial score (nSPS) is 21.0. The van der Waals surface area contributed by atoms with E-state index in [0.29, 0.717) is 11.5 Å². The van der Waals surface area contributed by atoms with Gasteiger partial charge in [-0.3, -0.25) is 0 Å². The predicted molar refractivity (Wildman–Crippen MR) is 58.5 cm³/mol. The van der Waals surface area contributed by atoms with Crippen LogP contribution in [0.3, 0.4) is 0 Å². The third-order valence-electron chi connectivity index (χ3n) is 3.05. The summed E-state index contributed by atoms with van der Waals surface area (Å²) in [6.45, 7) is 3.85. The van der Waals surface area contributed by atoms with Gasteiger partial charge in [-0.2, -0.15) is 0 Å². The molecule has 1 aromatic carbocycles. The minimum absolute atomic E-state index is 0.156. The highest BCUT2D eigenvalue weighted by atomic mass is 19.1. The molecule has 1 N–H and O–H groups in total. The van der Waals surface area contributed by atoms with E-state index in [1.54, 1.807) is 6.92 Å². The van der Waals surface area contributed by atoms with Crippen molar-refractivity contribution >= 4 is 5.69 Å². The van der Waals surface area contributed by atoms with Crippen LogP contribution in [0.1, 0.15) is 12.0 Å². The van der Waals surface area contributed by atoms with Crippen LogP contribution < -0.4 is 4.90 Å². The molecule has 1 saturated heterocycles. The fourth-order valence-corrected chi connectivity index (χ4v) is 2.04. The number of anilines is 1. The summed E-state index contributed by atoms with van der Waals surface area (Å²) in [6, 6.07) is 5.19. The van der Waals surface area contributed by atoms with Crippen LogP contribution in [-0.2, 0) is 0 Å². The van der Waals surface area contributed by atoms with Gasteiger partial charge in [0.25, 0.3) is 0 Å². The molecule has 0 spiro atoms. The monoisotopic (exact) mass is 209 g/mol. The van der Waals surface area contributed by atoms with Gasteiger partial charge in [-0.1, -0.05) is 0 Å². The van der Waals surface area contributed by atoms with Crippen molar-refractivity contribution in [2.24, 2.45) is 5.92 Å². The fourth-order valence-electron chi connectivity index (χ4n) is 2.04. The molecule has 1 aromatic rings. The van der Waals surface area contributed by atoms with Crippen LogP contribution in [0.2, 0.25) is 0 Å². The van der Waals surface area contributed by atoms with Gasteiger partial charge in [-0.15, -0.1) is 0 Å². The van der Waals surface area contributed by atoms with E-state index in [9.17, 15) is 4.39 Å². The second kappa shape index (κ2) is 4.19. The third kappa shape index (κ3) is 2.12. The number of nitrogens with zero attached hydrogens (tertiary/aromatic N) is 1. The Kier molecular flexibility index (Phi) is 2.91. The van der Waals surface area contributed by atoms with Crippen LogP contribution >= 0.6 is 0 Å². The quantitative estimate of drug-likeness (QED) is 0.804. The maximum atomic E-state index is 13.1. The summed E-state index contributed by atoms with van der Waals surface area (Å²) in [4.78, 5) is 2.20. The number of halogens is 1. The fraction of sp³-hybridized carbons (Fsp3) is 0.500. The molecule has 1 heterocycles. The lowest BCUT2D eigenvalue weighted by Crippen LogP contribution is -2.20. The van der Waals surface area contributed by atoms with Crippen molar-refractivity contribution < 1.29 is 9.50 Å². The molecule has 15 heavy (non-hydrogen) atoms. The Hall–Kier alpha value is -1.09. The first-order valence-corrected chi connectivity index (χ1v) is 5.32. The SMILES string of the molecule is Cc1cc(N2CC[C@@H](CO)C2)ccc1F. The van der Waals surface area contributed by atoms with Crippen molar-refractivity contribution in [3.8, 4) is 0 Å². The van der Waals surface area contributed by atoms with Crippen LogP contribution in [0.4, 0.5) is 10.1 Å². The van der Waals surface area contributed by atoms with E-state index in [2.05, 4.69) is 4.90 Å². The lowest BCUT2D eigenvalue weighted by Gasteiger charge is -2.19. The first kappa shape index (κ1) is 10.4. The van der Waals surface area contributed by atoms with Gasteiger partial charge in [0.15, 0.2) is 0 Å². The van der Waals surface area contributed by atoms with Gasteiger partial charge in [-0.05, 0) is 37.1 Å². The Bertz CT molecular complexity index is 353. The highest BCUT2D eigenvalue weighted by Crippen LogP contribution is 2.25. The van der Waals surface area contributed by atoms with E-state index in [1.807, 2.05) is 12.1 Å². The minimum atomic E-state index is -0.156. The molecule has 0 aliphatic carbocycles. The highest BCUT2D eigenvalue weighted by molar-refractivity contribution is 5.49. The third-order valence-corrected chi connectivity index (χ3v) is 3.05. The summed E-state index contributed by atoms with van der Waals surface area (Å²) in [6.07, 6.45) is 1.02. The van der Waals surface area contributed by atoms with Crippen LogP contribution in [0, 0.1) is 18.7 Å². The summed E-state index contributed by atoms with van der Waals surface area (Å²) in [7, 11) is 0. The second-order valence-electron chi connectivity index (χ2n) is 4.22. The highest BCUT2D eigenvalue weighted by Gasteiger charge is 2.21. The molecule has 0 saturated carbocycles. The van der Waals surface area contributed by atoms with Gasteiger partial charge >= 0.3 is 0 Å². The van der Waals surface area contributed by atoms with Crippen LogP contribution in [0.15, 0.2) is 18.2 Å². The van der Waals surface area contributed by atoms with E-state index in [0.717, 1.165) is 25.2 Å². The van der Waals surface area contributed by atoms with E-state index >= 15 is 0 Å². The average molecular weight is 209 g/mol. The number of rotatable bonds is 2. The van der Waals surface area contributed by atoms with Crippen LogP contribution in [-0.4, -0.2) is 24.8 Å². The molecule has 1 aliphatic rings. The summed E-state index contributed by atoms with van der Waals surface area (Å²) in [5, 5.41) is 9.04. The molecule has 0 unspecified atom stereocenters. The molecule has 82 valence electrons. The molecule has 0 aromatic heterocycles. The molecular weight excluding hydrogens is 193 g/mol.